The minimum Gasteiger partial charge on any atom is -0.309 e. The average molecular weight is 323 g/mol. The zero-order valence-corrected chi connectivity index (χ0v) is 14.6. The number of hydrogen-bond donors (Lipinski definition) is 0. The molecule has 3 aromatic carbocycles. The number of nitrogens with zero attached hydrogens (tertiary/aromatic N) is 1. The number of benzene rings is 3. The molecule has 1 nitrogen and oxygen atoms in total. The fraction of sp³-hybridized carbons (Fsp3) is 0.0833. The first-order valence-corrected chi connectivity index (χ1v) is 8.65. The third-order valence-electron chi connectivity index (χ3n) is 4.83. The van der Waals surface area contributed by atoms with Gasteiger partial charge in [-0.2, -0.15) is 0 Å². The Labute approximate surface area is 149 Å². The van der Waals surface area contributed by atoms with E-state index in [1.165, 1.54) is 39.3 Å². The van der Waals surface area contributed by atoms with E-state index in [-0.39, 0.29) is 0 Å². The molecule has 4 rings (SSSR count). The smallest absolute Gasteiger partial charge is 0.0566 e. The first kappa shape index (κ1) is 15.5. The summed E-state index contributed by atoms with van der Waals surface area (Å²) < 4.78 is 2.40. The van der Waals surface area contributed by atoms with E-state index in [1.807, 2.05) is 0 Å². The quantitative estimate of drug-likeness (QED) is 0.409. The van der Waals surface area contributed by atoms with Gasteiger partial charge in [0.05, 0.1) is 11.4 Å². The molecule has 0 spiro atoms. The largest absolute Gasteiger partial charge is 0.309 e. The van der Waals surface area contributed by atoms with E-state index < -0.39 is 0 Å². The number of para-hydroxylation sites is 1. The highest BCUT2D eigenvalue weighted by Gasteiger charge is 2.20. The zero-order valence-electron chi connectivity index (χ0n) is 14.6. The second-order valence-electron chi connectivity index (χ2n) is 6.35. The molecule has 0 aliphatic carbocycles. The molecule has 4 aromatic rings. The van der Waals surface area contributed by atoms with E-state index in [4.69, 9.17) is 0 Å². The zero-order chi connectivity index (χ0) is 17.2. The van der Waals surface area contributed by atoms with E-state index in [0.717, 1.165) is 0 Å². The van der Waals surface area contributed by atoms with Gasteiger partial charge in [0.2, 0.25) is 0 Å². The van der Waals surface area contributed by atoms with Crippen LogP contribution in [0.15, 0.2) is 91.0 Å². The maximum atomic E-state index is 2.40. The van der Waals surface area contributed by atoms with Crippen molar-refractivity contribution in [3.05, 3.63) is 102 Å². The summed E-state index contributed by atoms with van der Waals surface area (Å²) in [4.78, 5) is 0. The molecule has 0 fully saturated rings. The van der Waals surface area contributed by atoms with Crippen LogP contribution in [0.2, 0.25) is 0 Å². The van der Waals surface area contributed by atoms with Gasteiger partial charge >= 0.3 is 0 Å². The molecular formula is C24H21N. The van der Waals surface area contributed by atoms with Crippen molar-refractivity contribution in [3.63, 3.8) is 0 Å². The van der Waals surface area contributed by atoms with Crippen LogP contribution in [0.4, 0.5) is 0 Å². The summed E-state index contributed by atoms with van der Waals surface area (Å²) in [6, 6.07) is 31.9. The van der Waals surface area contributed by atoms with Crippen LogP contribution in [0.25, 0.3) is 28.2 Å². The highest BCUT2D eigenvalue weighted by molar-refractivity contribution is 5.79. The molecule has 122 valence electrons. The van der Waals surface area contributed by atoms with Crippen LogP contribution in [0, 0.1) is 13.8 Å². The average Bonchev–Trinajstić information content (AvgIpc) is 2.95. The second kappa shape index (κ2) is 6.45. The Morgan fingerprint density at radius 3 is 1.24 bits per heavy atom. The Balaban J connectivity index is 2.09. The predicted molar refractivity (Wildman–Crippen MR) is 106 cm³/mol. The molecule has 25 heavy (non-hydrogen) atoms. The molecule has 1 heteroatoms. The lowest BCUT2D eigenvalue weighted by Gasteiger charge is -2.15. The van der Waals surface area contributed by atoms with Crippen LogP contribution in [0.5, 0.6) is 0 Å². The molecular weight excluding hydrogens is 302 g/mol. The standard InChI is InChI=1S/C24H21N/c1-18-19(2)24(21-14-8-4-9-15-21)25(22-16-10-5-11-17-22)23(18)20-12-6-3-7-13-20/h3-17H,1-2H3. The van der Waals surface area contributed by atoms with E-state index in [1.54, 1.807) is 0 Å². The van der Waals surface area contributed by atoms with Crippen molar-refractivity contribution in [2.45, 2.75) is 13.8 Å². The van der Waals surface area contributed by atoms with Gasteiger partial charge < -0.3 is 4.57 Å². The van der Waals surface area contributed by atoms with E-state index in [0.29, 0.717) is 0 Å². The summed E-state index contributed by atoms with van der Waals surface area (Å²) in [6.07, 6.45) is 0. The molecule has 0 radical (unpaired) electrons. The normalized spacial score (nSPS) is 10.8. The van der Waals surface area contributed by atoms with Gasteiger partial charge in [0.25, 0.3) is 0 Å². The lowest BCUT2D eigenvalue weighted by atomic mass is 10.0. The highest BCUT2D eigenvalue weighted by Crippen LogP contribution is 2.38. The molecule has 0 aliphatic heterocycles. The molecule has 0 amide bonds. The molecule has 1 aromatic heterocycles. The van der Waals surface area contributed by atoms with Crippen molar-refractivity contribution in [2.24, 2.45) is 0 Å². The minimum atomic E-state index is 1.19. The molecule has 0 saturated heterocycles. The van der Waals surface area contributed by atoms with Crippen LogP contribution < -0.4 is 0 Å². The summed E-state index contributed by atoms with van der Waals surface area (Å²) in [6.45, 7) is 4.45. The lowest BCUT2D eigenvalue weighted by molar-refractivity contribution is 1.09. The van der Waals surface area contributed by atoms with Crippen molar-refractivity contribution in [3.8, 4) is 28.2 Å². The van der Waals surface area contributed by atoms with Gasteiger partial charge in [-0.05, 0) is 48.2 Å². The van der Waals surface area contributed by atoms with Gasteiger partial charge in [0.15, 0.2) is 0 Å². The Morgan fingerprint density at radius 1 is 0.480 bits per heavy atom. The van der Waals surface area contributed by atoms with Crippen molar-refractivity contribution >= 4 is 0 Å². The van der Waals surface area contributed by atoms with Gasteiger partial charge in [-0.1, -0.05) is 78.9 Å². The van der Waals surface area contributed by atoms with Crippen molar-refractivity contribution in [1.82, 2.24) is 4.57 Å². The summed E-state index contributed by atoms with van der Waals surface area (Å²) in [7, 11) is 0. The highest BCUT2D eigenvalue weighted by atomic mass is 15.0. The molecule has 0 atom stereocenters. The summed E-state index contributed by atoms with van der Waals surface area (Å²) >= 11 is 0. The molecule has 0 unspecified atom stereocenters. The fourth-order valence-corrected chi connectivity index (χ4v) is 3.52. The molecule has 1 heterocycles. The second-order valence-corrected chi connectivity index (χ2v) is 6.35. The number of aromatic nitrogens is 1. The Kier molecular flexibility index (Phi) is 3.99. The Hall–Kier alpha value is -3.06. The van der Waals surface area contributed by atoms with Crippen molar-refractivity contribution in [1.29, 1.82) is 0 Å². The Morgan fingerprint density at radius 2 is 0.840 bits per heavy atom. The molecule has 0 aliphatic rings. The summed E-state index contributed by atoms with van der Waals surface area (Å²) in [5.74, 6) is 0. The van der Waals surface area contributed by atoms with Crippen LogP contribution in [-0.4, -0.2) is 4.57 Å². The summed E-state index contributed by atoms with van der Waals surface area (Å²) in [5.41, 5.74) is 8.87. The number of hydrogen-bond acceptors (Lipinski definition) is 0. The van der Waals surface area contributed by atoms with E-state index >= 15 is 0 Å². The van der Waals surface area contributed by atoms with Crippen LogP contribution in [-0.2, 0) is 0 Å². The van der Waals surface area contributed by atoms with E-state index in [2.05, 4.69) is 109 Å². The van der Waals surface area contributed by atoms with Gasteiger partial charge in [0.1, 0.15) is 0 Å². The topological polar surface area (TPSA) is 4.93 Å². The van der Waals surface area contributed by atoms with Crippen LogP contribution in [0.1, 0.15) is 11.1 Å². The van der Waals surface area contributed by atoms with Gasteiger partial charge in [-0.25, -0.2) is 0 Å². The third-order valence-corrected chi connectivity index (χ3v) is 4.83. The Bertz CT molecular complexity index is 918. The SMILES string of the molecule is Cc1c(C)c(-c2ccccc2)n(-c2ccccc2)c1-c1ccccc1. The van der Waals surface area contributed by atoms with Crippen LogP contribution >= 0.6 is 0 Å². The first-order valence-electron chi connectivity index (χ1n) is 8.65. The molecule has 0 N–H and O–H groups in total. The lowest BCUT2D eigenvalue weighted by Crippen LogP contribution is -2.00. The minimum absolute atomic E-state index is 1.19. The van der Waals surface area contributed by atoms with Crippen molar-refractivity contribution < 1.29 is 0 Å². The van der Waals surface area contributed by atoms with Crippen molar-refractivity contribution in [2.75, 3.05) is 0 Å². The third kappa shape index (κ3) is 2.68. The van der Waals surface area contributed by atoms with Gasteiger partial charge in [-0.3, -0.25) is 0 Å². The summed E-state index contributed by atoms with van der Waals surface area (Å²) in [5, 5.41) is 0. The van der Waals surface area contributed by atoms with Gasteiger partial charge in [-0.15, -0.1) is 0 Å². The van der Waals surface area contributed by atoms with Crippen LogP contribution in [0.3, 0.4) is 0 Å². The number of rotatable bonds is 3. The maximum Gasteiger partial charge on any atom is 0.0566 e. The maximum absolute atomic E-state index is 2.40. The molecule has 0 saturated carbocycles. The first-order chi connectivity index (χ1) is 12.3. The van der Waals surface area contributed by atoms with E-state index in [9.17, 15) is 0 Å². The fourth-order valence-electron chi connectivity index (χ4n) is 3.52. The van der Waals surface area contributed by atoms with Gasteiger partial charge in [0, 0.05) is 5.69 Å². The monoisotopic (exact) mass is 323 g/mol. The molecule has 0 bridgehead atoms. The predicted octanol–water partition coefficient (Wildman–Crippen LogP) is 6.43.